The van der Waals surface area contributed by atoms with Crippen molar-refractivity contribution in [1.29, 1.82) is 0 Å². The van der Waals surface area contributed by atoms with Gasteiger partial charge in [-0.05, 0) is 19.8 Å². The minimum absolute atomic E-state index is 0.0370. The molecule has 1 aliphatic rings. The van der Waals surface area contributed by atoms with Crippen LogP contribution >= 0.6 is 0 Å². The third kappa shape index (κ3) is 1.34. The Balaban J connectivity index is 2.20. The number of likely N-dealkylation sites (tertiary alicyclic amines) is 1. The van der Waals surface area contributed by atoms with Gasteiger partial charge in [0.15, 0.2) is 5.82 Å². The van der Waals surface area contributed by atoms with Crippen LogP contribution in [0, 0.1) is 0 Å². The maximum Gasteiger partial charge on any atom is 0.274 e. The molecule has 0 aliphatic carbocycles. The Bertz CT molecular complexity index is 346. The topological polar surface area (TPSA) is 75.0 Å². The Labute approximate surface area is 82.3 Å². The fourth-order valence-corrected chi connectivity index (χ4v) is 1.85. The summed E-state index contributed by atoms with van der Waals surface area (Å²) in [6.45, 7) is 2.87. The van der Waals surface area contributed by atoms with E-state index in [-0.39, 0.29) is 11.7 Å². The highest BCUT2D eigenvalue weighted by Gasteiger charge is 2.27. The molecule has 76 valence electrons. The van der Waals surface area contributed by atoms with Gasteiger partial charge in [-0.15, -0.1) is 0 Å². The molecule has 0 aromatic carbocycles. The van der Waals surface area contributed by atoms with Gasteiger partial charge in [-0.1, -0.05) is 0 Å². The van der Waals surface area contributed by atoms with Crippen LogP contribution in [-0.4, -0.2) is 33.4 Å². The van der Waals surface area contributed by atoms with Crippen molar-refractivity contribution in [2.24, 2.45) is 0 Å². The summed E-state index contributed by atoms with van der Waals surface area (Å²) in [7, 11) is 0. The number of amides is 1. The number of nitrogens with one attached hydrogen (secondary N) is 1. The number of aromatic nitrogens is 2. The van der Waals surface area contributed by atoms with Crippen LogP contribution in [0.5, 0.6) is 0 Å². The van der Waals surface area contributed by atoms with Crippen molar-refractivity contribution in [2.45, 2.75) is 25.8 Å². The molecule has 0 radical (unpaired) electrons. The van der Waals surface area contributed by atoms with Crippen LogP contribution < -0.4 is 5.73 Å². The van der Waals surface area contributed by atoms with E-state index in [1.165, 1.54) is 6.33 Å². The van der Waals surface area contributed by atoms with Crippen LogP contribution in [0.25, 0.3) is 0 Å². The van der Waals surface area contributed by atoms with E-state index in [4.69, 9.17) is 5.73 Å². The van der Waals surface area contributed by atoms with Gasteiger partial charge in [-0.2, -0.15) is 0 Å². The Morgan fingerprint density at radius 1 is 1.79 bits per heavy atom. The molecule has 2 rings (SSSR count). The summed E-state index contributed by atoms with van der Waals surface area (Å²) in [5, 5.41) is 0. The van der Waals surface area contributed by atoms with Gasteiger partial charge in [0.2, 0.25) is 0 Å². The Kier molecular flexibility index (Phi) is 2.15. The predicted molar refractivity (Wildman–Crippen MR) is 52.7 cm³/mol. The number of rotatable bonds is 1. The maximum absolute atomic E-state index is 11.9. The molecule has 1 aromatic rings. The highest BCUT2D eigenvalue weighted by Crippen LogP contribution is 2.20. The van der Waals surface area contributed by atoms with E-state index < -0.39 is 0 Å². The third-order valence-corrected chi connectivity index (χ3v) is 2.70. The summed E-state index contributed by atoms with van der Waals surface area (Å²) in [4.78, 5) is 20.3. The zero-order valence-corrected chi connectivity index (χ0v) is 8.16. The van der Waals surface area contributed by atoms with E-state index in [1.54, 1.807) is 0 Å². The number of hydrogen-bond donors (Lipinski definition) is 2. The Morgan fingerprint density at radius 3 is 3.07 bits per heavy atom. The standard InChI is InChI=1S/C9H14N4O/c1-6-3-2-4-13(6)9(14)7-8(10)12-5-11-7/h5-6H,2-4,10H2,1H3,(H,11,12)/t6-/m0/s1. The first kappa shape index (κ1) is 9.05. The molecular weight excluding hydrogens is 180 g/mol. The second kappa shape index (κ2) is 3.32. The zero-order chi connectivity index (χ0) is 10.1. The lowest BCUT2D eigenvalue weighted by molar-refractivity contribution is 0.0743. The first-order valence-electron chi connectivity index (χ1n) is 4.80. The normalized spacial score (nSPS) is 21.5. The number of hydrogen-bond acceptors (Lipinski definition) is 3. The van der Waals surface area contributed by atoms with Gasteiger partial charge >= 0.3 is 0 Å². The summed E-state index contributed by atoms with van der Waals surface area (Å²) < 4.78 is 0. The summed E-state index contributed by atoms with van der Waals surface area (Å²) in [5.74, 6) is 0.249. The molecule has 14 heavy (non-hydrogen) atoms. The number of nitrogens with zero attached hydrogens (tertiary/aromatic N) is 2. The van der Waals surface area contributed by atoms with Crippen molar-refractivity contribution < 1.29 is 4.79 Å². The molecule has 1 fully saturated rings. The van der Waals surface area contributed by atoms with Crippen molar-refractivity contribution >= 4 is 11.7 Å². The van der Waals surface area contributed by atoms with Gasteiger partial charge in [0.1, 0.15) is 5.69 Å². The van der Waals surface area contributed by atoms with E-state index in [2.05, 4.69) is 16.9 Å². The predicted octanol–water partition coefficient (Wildman–Crippen LogP) is 0.616. The number of H-pyrrole nitrogens is 1. The van der Waals surface area contributed by atoms with Crippen molar-refractivity contribution in [2.75, 3.05) is 12.3 Å². The van der Waals surface area contributed by atoms with Crippen LogP contribution in [0.4, 0.5) is 5.82 Å². The average molecular weight is 194 g/mol. The number of anilines is 1. The van der Waals surface area contributed by atoms with Gasteiger partial charge in [0, 0.05) is 12.6 Å². The molecular formula is C9H14N4O. The lowest BCUT2D eigenvalue weighted by Gasteiger charge is -2.20. The van der Waals surface area contributed by atoms with Gasteiger partial charge in [-0.25, -0.2) is 4.98 Å². The van der Waals surface area contributed by atoms with Crippen molar-refractivity contribution in [3.8, 4) is 0 Å². The van der Waals surface area contributed by atoms with Gasteiger partial charge in [0.05, 0.1) is 6.33 Å². The average Bonchev–Trinajstić information content (AvgIpc) is 2.73. The smallest absolute Gasteiger partial charge is 0.274 e. The molecule has 1 aliphatic heterocycles. The summed E-state index contributed by atoms with van der Waals surface area (Å²) in [5.41, 5.74) is 5.98. The molecule has 0 unspecified atom stereocenters. The highest BCUT2D eigenvalue weighted by molar-refractivity contribution is 5.96. The molecule has 5 nitrogen and oxygen atoms in total. The van der Waals surface area contributed by atoms with E-state index in [9.17, 15) is 4.79 Å². The minimum Gasteiger partial charge on any atom is -0.382 e. The molecule has 1 aromatic heterocycles. The molecule has 2 heterocycles. The SMILES string of the molecule is C[C@H]1CCCN1C(=O)c1[nH]cnc1N. The quantitative estimate of drug-likeness (QED) is 0.688. The number of carbonyl (C=O) groups excluding carboxylic acids is 1. The number of aromatic amines is 1. The molecule has 3 N–H and O–H groups in total. The van der Waals surface area contributed by atoms with Crippen molar-refractivity contribution in [3.63, 3.8) is 0 Å². The number of imidazole rings is 1. The first-order chi connectivity index (χ1) is 6.70. The van der Waals surface area contributed by atoms with Gasteiger partial charge in [0.25, 0.3) is 5.91 Å². The van der Waals surface area contributed by atoms with Crippen LogP contribution in [0.15, 0.2) is 6.33 Å². The minimum atomic E-state index is -0.0370. The molecule has 0 saturated carbocycles. The van der Waals surface area contributed by atoms with Crippen LogP contribution in [0.3, 0.4) is 0 Å². The third-order valence-electron chi connectivity index (χ3n) is 2.70. The second-order valence-corrected chi connectivity index (χ2v) is 3.65. The van der Waals surface area contributed by atoms with Crippen LogP contribution in [-0.2, 0) is 0 Å². The molecule has 0 bridgehead atoms. The first-order valence-corrected chi connectivity index (χ1v) is 4.80. The van der Waals surface area contributed by atoms with Crippen molar-refractivity contribution in [1.82, 2.24) is 14.9 Å². The van der Waals surface area contributed by atoms with E-state index in [0.717, 1.165) is 19.4 Å². The summed E-state index contributed by atoms with van der Waals surface area (Å²) >= 11 is 0. The monoisotopic (exact) mass is 194 g/mol. The zero-order valence-electron chi connectivity index (χ0n) is 8.16. The lowest BCUT2D eigenvalue weighted by atomic mass is 10.2. The summed E-state index contributed by atoms with van der Waals surface area (Å²) in [6.07, 6.45) is 3.59. The van der Waals surface area contributed by atoms with Crippen LogP contribution in [0.1, 0.15) is 30.3 Å². The Morgan fingerprint density at radius 2 is 2.57 bits per heavy atom. The van der Waals surface area contributed by atoms with Gasteiger partial charge in [-0.3, -0.25) is 4.79 Å². The molecule has 5 heteroatoms. The number of nitrogen functional groups attached to an aromatic ring is 1. The fraction of sp³-hybridized carbons (Fsp3) is 0.556. The maximum atomic E-state index is 11.9. The molecule has 1 atom stereocenters. The highest BCUT2D eigenvalue weighted by atomic mass is 16.2. The molecule has 0 spiro atoms. The second-order valence-electron chi connectivity index (χ2n) is 3.65. The largest absolute Gasteiger partial charge is 0.382 e. The fourth-order valence-electron chi connectivity index (χ4n) is 1.85. The van der Waals surface area contributed by atoms with Gasteiger partial charge < -0.3 is 15.6 Å². The molecule has 1 saturated heterocycles. The van der Waals surface area contributed by atoms with E-state index in [1.807, 2.05) is 4.90 Å². The number of carbonyl (C=O) groups is 1. The van der Waals surface area contributed by atoms with E-state index in [0.29, 0.717) is 11.7 Å². The van der Waals surface area contributed by atoms with Crippen LogP contribution in [0.2, 0.25) is 0 Å². The van der Waals surface area contributed by atoms with E-state index >= 15 is 0 Å². The molecule has 1 amide bonds. The Hall–Kier alpha value is -1.52. The number of nitrogens with two attached hydrogens (primary N) is 1. The lowest BCUT2D eigenvalue weighted by Crippen LogP contribution is -2.34. The van der Waals surface area contributed by atoms with Crippen molar-refractivity contribution in [3.05, 3.63) is 12.0 Å². The summed E-state index contributed by atoms with van der Waals surface area (Å²) in [6, 6.07) is 0.310.